The van der Waals surface area contributed by atoms with Crippen molar-refractivity contribution in [3.63, 3.8) is 0 Å². The molecule has 0 fully saturated rings. The first-order valence-corrected chi connectivity index (χ1v) is 9.61. The monoisotopic (exact) mass is 423 g/mol. The first-order chi connectivity index (χ1) is 14.2. The maximum Gasteiger partial charge on any atom is 0.573 e. The van der Waals surface area contributed by atoms with Crippen LogP contribution in [0.3, 0.4) is 0 Å². The van der Waals surface area contributed by atoms with Crippen LogP contribution >= 0.6 is 0 Å². The largest absolute Gasteiger partial charge is 0.573 e. The minimum Gasteiger partial charge on any atom is -0.466 e. The third kappa shape index (κ3) is 7.09. The highest BCUT2D eigenvalue weighted by Gasteiger charge is 2.32. The quantitative estimate of drug-likeness (QED) is 0.597. The van der Waals surface area contributed by atoms with E-state index in [9.17, 15) is 22.8 Å². The van der Waals surface area contributed by atoms with Crippen molar-refractivity contribution in [3.8, 4) is 5.75 Å². The Hall–Kier alpha value is -3.03. The van der Waals surface area contributed by atoms with E-state index in [1.54, 1.807) is 37.3 Å². The fourth-order valence-electron chi connectivity index (χ4n) is 2.88. The number of alkyl halides is 3. The number of halogens is 3. The lowest BCUT2D eigenvalue weighted by molar-refractivity contribution is -0.274. The molecule has 1 N–H and O–H groups in total. The predicted molar refractivity (Wildman–Crippen MR) is 105 cm³/mol. The molecule has 0 saturated carbocycles. The number of carbonyl (C=O) groups is 2. The van der Waals surface area contributed by atoms with E-state index in [1.807, 2.05) is 6.92 Å². The first-order valence-electron chi connectivity index (χ1n) is 9.61. The Morgan fingerprint density at radius 3 is 2.30 bits per heavy atom. The van der Waals surface area contributed by atoms with Gasteiger partial charge in [0.1, 0.15) is 5.75 Å². The Morgan fingerprint density at radius 1 is 1.03 bits per heavy atom. The van der Waals surface area contributed by atoms with Crippen LogP contribution < -0.4 is 10.1 Å². The van der Waals surface area contributed by atoms with E-state index in [4.69, 9.17) is 4.74 Å². The van der Waals surface area contributed by atoms with Gasteiger partial charge in [0, 0.05) is 17.7 Å². The van der Waals surface area contributed by atoms with Crippen LogP contribution in [0.2, 0.25) is 0 Å². The number of nitrogens with one attached hydrogen (secondary N) is 1. The predicted octanol–water partition coefficient (Wildman–Crippen LogP) is 4.65. The summed E-state index contributed by atoms with van der Waals surface area (Å²) < 4.78 is 46.5. The number of amides is 1. The minimum atomic E-state index is -4.81. The topological polar surface area (TPSA) is 64.6 Å². The molecule has 0 aromatic heterocycles. The zero-order chi connectivity index (χ0) is 22.1. The van der Waals surface area contributed by atoms with Gasteiger partial charge in [0.2, 0.25) is 0 Å². The molecule has 2 aromatic rings. The average molecular weight is 423 g/mol. The average Bonchev–Trinajstić information content (AvgIpc) is 2.70. The molecule has 0 bridgehead atoms. The van der Waals surface area contributed by atoms with Crippen molar-refractivity contribution in [1.82, 2.24) is 5.32 Å². The van der Waals surface area contributed by atoms with Gasteiger partial charge in [-0.25, -0.2) is 0 Å². The molecule has 0 aliphatic heterocycles. The van der Waals surface area contributed by atoms with Crippen LogP contribution in [-0.2, 0) is 22.5 Å². The molecule has 2 aromatic carbocycles. The lowest BCUT2D eigenvalue weighted by Crippen LogP contribution is -2.24. The molecule has 0 heterocycles. The van der Waals surface area contributed by atoms with E-state index < -0.39 is 12.3 Å². The maximum absolute atomic E-state index is 12.5. The summed E-state index contributed by atoms with van der Waals surface area (Å²) in [7, 11) is 0. The van der Waals surface area contributed by atoms with Gasteiger partial charge in [0.25, 0.3) is 5.91 Å². The summed E-state index contributed by atoms with van der Waals surface area (Å²) in [6.07, 6.45) is -3.67. The van der Waals surface area contributed by atoms with Gasteiger partial charge in [-0.2, -0.15) is 0 Å². The highest BCUT2D eigenvalue weighted by atomic mass is 19.4. The van der Waals surface area contributed by atoms with E-state index in [2.05, 4.69) is 10.1 Å². The van der Waals surface area contributed by atoms with Crippen LogP contribution in [-0.4, -0.2) is 24.8 Å². The molecule has 0 aliphatic rings. The standard InChI is InChI=1S/C22H24F3NO4/c1-3-16(21(28)29-4-2)13-15-9-11-17(12-10-15)20(27)26-14-18-7-5-6-8-19(18)30-22(23,24)25/h5-12,16H,3-4,13-14H2,1-2H3,(H,26,27). The highest BCUT2D eigenvalue weighted by Crippen LogP contribution is 2.26. The molecule has 0 aliphatic carbocycles. The van der Waals surface area contributed by atoms with E-state index in [1.165, 1.54) is 18.2 Å². The molecular formula is C22H24F3NO4. The van der Waals surface area contributed by atoms with Gasteiger partial charge in [-0.1, -0.05) is 37.3 Å². The number of hydrogen-bond acceptors (Lipinski definition) is 4. The van der Waals surface area contributed by atoms with Crippen molar-refractivity contribution in [2.24, 2.45) is 5.92 Å². The Morgan fingerprint density at radius 2 is 1.70 bits per heavy atom. The van der Waals surface area contributed by atoms with E-state index in [0.29, 0.717) is 25.0 Å². The van der Waals surface area contributed by atoms with Crippen LogP contribution in [0.15, 0.2) is 48.5 Å². The summed E-state index contributed by atoms with van der Waals surface area (Å²) >= 11 is 0. The number of para-hydroxylation sites is 1. The smallest absolute Gasteiger partial charge is 0.466 e. The molecule has 162 valence electrons. The molecule has 5 nitrogen and oxygen atoms in total. The third-order valence-corrected chi connectivity index (χ3v) is 4.45. The highest BCUT2D eigenvalue weighted by molar-refractivity contribution is 5.94. The zero-order valence-corrected chi connectivity index (χ0v) is 16.8. The van der Waals surface area contributed by atoms with E-state index >= 15 is 0 Å². The van der Waals surface area contributed by atoms with Gasteiger partial charge in [-0.3, -0.25) is 9.59 Å². The fourth-order valence-corrected chi connectivity index (χ4v) is 2.88. The summed E-state index contributed by atoms with van der Waals surface area (Å²) in [4.78, 5) is 24.3. The second kappa shape index (κ2) is 10.7. The van der Waals surface area contributed by atoms with Crippen molar-refractivity contribution in [3.05, 3.63) is 65.2 Å². The summed E-state index contributed by atoms with van der Waals surface area (Å²) in [5, 5.41) is 2.59. The number of hydrogen-bond donors (Lipinski definition) is 1. The van der Waals surface area contributed by atoms with Crippen LogP contribution in [0, 0.1) is 5.92 Å². The summed E-state index contributed by atoms with van der Waals surface area (Å²) in [5.41, 5.74) is 1.45. The first kappa shape index (κ1) is 23.3. The molecule has 1 atom stereocenters. The van der Waals surface area contributed by atoms with Crippen LogP contribution in [0.1, 0.15) is 41.8 Å². The molecule has 0 spiro atoms. The molecule has 2 rings (SSSR count). The molecule has 8 heteroatoms. The summed E-state index contributed by atoms with van der Waals surface area (Å²) in [5.74, 6) is -1.29. The molecule has 30 heavy (non-hydrogen) atoms. The molecular weight excluding hydrogens is 399 g/mol. The Balaban J connectivity index is 1.98. The van der Waals surface area contributed by atoms with Gasteiger partial charge < -0.3 is 14.8 Å². The Kier molecular flexibility index (Phi) is 8.26. The van der Waals surface area contributed by atoms with Gasteiger partial charge in [-0.15, -0.1) is 13.2 Å². The third-order valence-electron chi connectivity index (χ3n) is 4.45. The SMILES string of the molecule is CCOC(=O)C(CC)Cc1ccc(C(=O)NCc2ccccc2OC(F)(F)F)cc1. The van der Waals surface area contributed by atoms with Crippen LogP contribution in [0.5, 0.6) is 5.75 Å². The second-order valence-corrected chi connectivity index (χ2v) is 6.60. The number of ether oxygens (including phenoxy) is 2. The zero-order valence-electron chi connectivity index (χ0n) is 16.8. The van der Waals surface area contributed by atoms with Gasteiger partial charge >= 0.3 is 12.3 Å². The number of carbonyl (C=O) groups excluding carboxylic acids is 2. The number of rotatable bonds is 9. The van der Waals surface area contributed by atoms with Crippen LogP contribution in [0.4, 0.5) is 13.2 Å². The van der Waals surface area contributed by atoms with E-state index in [-0.39, 0.29) is 29.7 Å². The second-order valence-electron chi connectivity index (χ2n) is 6.60. The Labute approximate surface area is 173 Å². The van der Waals surface area contributed by atoms with Crippen molar-refractivity contribution in [2.75, 3.05) is 6.61 Å². The Bertz CT molecular complexity index is 850. The van der Waals surface area contributed by atoms with E-state index in [0.717, 1.165) is 5.56 Å². The molecule has 1 amide bonds. The normalized spacial score (nSPS) is 12.2. The molecule has 0 saturated heterocycles. The maximum atomic E-state index is 12.5. The number of benzene rings is 2. The van der Waals surface area contributed by atoms with Crippen molar-refractivity contribution in [1.29, 1.82) is 0 Å². The minimum absolute atomic E-state index is 0.117. The van der Waals surface area contributed by atoms with Gasteiger partial charge in [0.15, 0.2) is 0 Å². The molecule has 0 radical (unpaired) electrons. The lowest BCUT2D eigenvalue weighted by Gasteiger charge is -2.14. The number of esters is 1. The van der Waals surface area contributed by atoms with Crippen LogP contribution in [0.25, 0.3) is 0 Å². The molecule has 1 unspecified atom stereocenters. The van der Waals surface area contributed by atoms with Crippen molar-refractivity contribution in [2.45, 2.75) is 39.6 Å². The lowest BCUT2D eigenvalue weighted by atomic mass is 9.96. The van der Waals surface area contributed by atoms with Crippen molar-refractivity contribution < 1.29 is 32.2 Å². The summed E-state index contributed by atoms with van der Waals surface area (Å²) in [6.45, 7) is 3.87. The fraction of sp³-hybridized carbons (Fsp3) is 0.364. The van der Waals surface area contributed by atoms with Gasteiger partial charge in [-0.05, 0) is 43.5 Å². The summed E-state index contributed by atoms with van der Waals surface area (Å²) in [6, 6.07) is 12.3. The van der Waals surface area contributed by atoms with Crippen molar-refractivity contribution >= 4 is 11.9 Å². The van der Waals surface area contributed by atoms with Gasteiger partial charge in [0.05, 0.1) is 12.5 Å².